The van der Waals surface area contributed by atoms with E-state index < -0.39 is 0 Å². The van der Waals surface area contributed by atoms with Gasteiger partial charge in [-0.2, -0.15) is 0 Å². The number of hydrogen-bond donors (Lipinski definition) is 1. The van der Waals surface area contributed by atoms with Gasteiger partial charge in [-0.25, -0.2) is 0 Å². The van der Waals surface area contributed by atoms with Crippen molar-refractivity contribution in [3.05, 3.63) is 29.6 Å². The van der Waals surface area contributed by atoms with Gasteiger partial charge in [-0.3, -0.25) is 9.88 Å². The predicted octanol–water partition coefficient (Wildman–Crippen LogP) is 3.06. The fraction of sp³-hybridized carbons (Fsp3) is 0.706. The number of nitrogens with one attached hydrogen (secondary N) is 1. The molecule has 1 aliphatic heterocycles. The predicted molar refractivity (Wildman–Crippen MR) is 84.4 cm³/mol. The van der Waals surface area contributed by atoms with Crippen molar-refractivity contribution in [3.63, 3.8) is 0 Å². The highest BCUT2D eigenvalue weighted by atomic mass is 15.2. The van der Waals surface area contributed by atoms with E-state index in [1.807, 2.05) is 6.20 Å². The molecule has 2 heterocycles. The molecular formula is C17H29N3. The first-order valence-electron chi connectivity index (χ1n) is 7.98. The van der Waals surface area contributed by atoms with Crippen LogP contribution in [0.4, 0.5) is 0 Å². The molecule has 0 amide bonds. The number of hydrogen-bond acceptors (Lipinski definition) is 3. The summed E-state index contributed by atoms with van der Waals surface area (Å²) in [4.78, 5) is 7.22. The molecule has 0 radical (unpaired) electrons. The fourth-order valence-corrected chi connectivity index (χ4v) is 3.17. The van der Waals surface area contributed by atoms with Crippen LogP contribution in [0, 0.1) is 11.8 Å². The molecule has 1 aromatic heterocycles. The van der Waals surface area contributed by atoms with Gasteiger partial charge in [-0.05, 0) is 43.4 Å². The summed E-state index contributed by atoms with van der Waals surface area (Å²) >= 11 is 0. The van der Waals surface area contributed by atoms with E-state index in [1.165, 1.54) is 24.2 Å². The van der Waals surface area contributed by atoms with Crippen molar-refractivity contribution in [3.8, 4) is 0 Å². The average molecular weight is 275 g/mol. The molecule has 1 fully saturated rings. The molecule has 0 aromatic carbocycles. The summed E-state index contributed by atoms with van der Waals surface area (Å²) in [6.45, 7) is 13.3. The molecular weight excluding hydrogens is 246 g/mol. The van der Waals surface area contributed by atoms with E-state index in [9.17, 15) is 0 Å². The number of likely N-dealkylation sites (tertiary alicyclic amines) is 1. The Hall–Kier alpha value is -0.930. The Morgan fingerprint density at radius 3 is 2.75 bits per heavy atom. The maximum atomic E-state index is 4.63. The fourth-order valence-electron chi connectivity index (χ4n) is 3.17. The Bertz CT molecular complexity index is 401. The van der Waals surface area contributed by atoms with Gasteiger partial charge >= 0.3 is 0 Å². The molecule has 20 heavy (non-hydrogen) atoms. The topological polar surface area (TPSA) is 28.2 Å². The molecule has 0 bridgehead atoms. The lowest BCUT2D eigenvalue weighted by Crippen LogP contribution is -2.45. The standard InChI is InChI=1S/C17H29N3/c1-5-18-9-16-6-7-17(19-10-16)12-20-11-13(2)8-14(3)15(20)4/h6-7,10,13-15,18H,5,8-9,11-12H2,1-4H3. The van der Waals surface area contributed by atoms with Gasteiger partial charge in [0.05, 0.1) is 5.69 Å². The molecule has 3 unspecified atom stereocenters. The zero-order chi connectivity index (χ0) is 14.5. The Morgan fingerprint density at radius 2 is 2.10 bits per heavy atom. The number of piperidine rings is 1. The van der Waals surface area contributed by atoms with E-state index in [0.717, 1.165) is 31.5 Å². The summed E-state index contributed by atoms with van der Waals surface area (Å²) in [7, 11) is 0. The first-order valence-corrected chi connectivity index (χ1v) is 7.98. The Balaban J connectivity index is 1.95. The van der Waals surface area contributed by atoms with Gasteiger partial charge in [-0.1, -0.05) is 26.8 Å². The zero-order valence-corrected chi connectivity index (χ0v) is 13.4. The normalized spacial score (nSPS) is 27.7. The first kappa shape index (κ1) is 15.5. The highest BCUT2D eigenvalue weighted by Crippen LogP contribution is 2.27. The minimum Gasteiger partial charge on any atom is -0.313 e. The third-order valence-corrected chi connectivity index (χ3v) is 4.55. The van der Waals surface area contributed by atoms with Crippen LogP contribution in [0.25, 0.3) is 0 Å². The zero-order valence-electron chi connectivity index (χ0n) is 13.4. The van der Waals surface area contributed by atoms with Crippen molar-refractivity contribution in [2.45, 2.75) is 53.2 Å². The van der Waals surface area contributed by atoms with Crippen LogP contribution in [0.15, 0.2) is 18.3 Å². The molecule has 0 saturated carbocycles. The van der Waals surface area contributed by atoms with Crippen LogP contribution in [-0.2, 0) is 13.1 Å². The number of pyridine rings is 1. The Kier molecular flexibility index (Phi) is 5.55. The van der Waals surface area contributed by atoms with Gasteiger partial charge in [0.2, 0.25) is 0 Å². The van der Waals surface area contributed by atoms with Crippen molar-refractivity contribution in [1.29, 1.82) is 0 Å². The Labute approximate surface area is 123 Å². The van der Waals surface area contributed by atoms with Crippen LogP contribution in [-0.4, -0.2) is 29.0 Å². The van der Waals surface area contributed by atoms with Crippen LogP contribution >= 0.6 is 0 Å². The monoisotopic (exact) mass is 275 g/mol. The molecule has 1 saturated heterocycles. The van der Waals surface area contributed by atoms with E-state index in [0.29, 0.717) is 6.04 Å². The molecule has 0 spiro atoms. The number of rotatable bonds is 5. The molecule has 3 nitrogen and oxygen atoms in total. The van der Waals surface area contributed by atoms with E-state index in [2.05, 4.69) is 55.0 Å². The average Bonchev–Trinajstić information content (AvgIpc) is 2.43. The van der Waals surface area contributed by atoms with Gasteiger partial charge < -0.3 is 5.32 Å². The van der Waals surface area contributed by atoms with Crippen LogP contribution in [0.2, 0.25) is 0 Å². The number of nitrogens with zero attached hydrogens (tertiary/aromatic N) is 2. The summed E-state index contributed by atoms with van der Waals surface area (Å²) in [6.07, 6.45) is 3.37. The minimum absolute atomic E-state index is 0.662. The SMILES string of the molecule is CCNCc1ccc(CN2CC(C)CC(C)C2C)nc1. The van der Waals surface area contributed by atoms with Crippen molar-refractivity contribution < 1.29 is 0 Å². The highest BCUT2D eigenvalue weighted by molar-refractivity contribution is 5.14. The maximum absolute atomic E-state index is 4.63. The minimum atomic E-state index is 0.662. The van der Waals surface area contributed by atoms with Crippen LogP contribution in [0.3, 0.4) is 0 Å². The third-order valence-electron chi connectivity index (χ3n) is 4.55. The second-order valence-corrected chi connectivity index (χ2v) is 6.43. The van der Waals surface area contributed by atoms with E-state index in [-0.39, 0.29) is 0 Å². The molecule has 1 aromatic rings. The lowest BCUT2D eigenvalue weighted by Gasteiger charge is -2.40. The number of aromatic nitrogens is 1. The first-order chi connectivity index (χ1) is 9.60. The maximum Gasteiger partial charge on any atom is 0.0544 e. The molecule has 3 atom stereocenters. The van der Waals surface area contributed by atoms with E-state index in [4.69, 9.17) is 0 Å². The molecule has 0 aliphatic carbocycles. The van der Waals surface area contributed by atoms with Gasteiger partial charge in [0.15, 0.2) is 0 Å². The second kappa shape index (κ2) is 7.19. The summed E-state index contributed by atoms with van der Waals surface area (Å²) in [5, 5.41) is 3.33. The lowest BCUT2D eigenvalue weighted by atomic mass is 9.86. The van der Waals surface area contributed by atoms with Crippen LogP contribution in [0.1, 0.15) is 45.4 Å². The van der Waals surface area contributed by atoms with Crippen LogP contribution in [0.5, 0.6) is 0 Å². The van der Waals surface area contributed by atoms with E-state index in [1.54, 1.807) is 0 Å². The summed E-state index contributed by atoms with van der Waals surface area (Å²) in [6, 6.07) is 5.05. The van der Waals surface area contributed by atoms with Crippen molar-refractivity contribution >= 4 is 0 Å². The van der Waals surface area contributed by atoms with Gasteiger partial charge in [0.25, 0.3) is 0 Å². The van der Waals surface area contributed by atoms with Gasteiger partial charge in [0.1, 0.15) is 0 Å². The molecule has 1 N–H and O–H groups in total. The summed E-state index contributed by atoms with van der Waals surface area (Å²) in [5.41, 5.74) is 2.46. The molecule has 3 heteroatoms. The summed E-state index contributed by atoms with van der Waals surface area (Å²) < 4.78 is 0. The molecule has 2 rings (SSSR count). The highest BCUT2D eigenvalue weighted by Gasteiger charge is 2.28. The Morgan fingerprint density at radius 1 is 1.30 bits per heavy atom. The van der Waals surface area contributed by atoms with E-state index >= 15 is 0 Å². The van der Waals surface area contributed by atoms with Crippen LogP contribution < -0.4 is 5.32 Å². The van der Waals surface area contributed by atoms with Gasteiger partial charge in [0, 0.05) is 31.9 Å². The molecule has 1 aliphatic rings. The smallest absolute Gasteiger partial charge is 0.0544 e. The van der Waals surface area contributed by atoms with Crippen molar-refractivity contribution in [2.24, 2.45) is 11.8 Å². The lowest BCUT2D eigenvalue weighted by molar-refractivity contribution is 0.0718. The van der Waals surface area contributed by atoms with Crippen molar-refractivity contribution in [1.82, 2.24) is 15.2 Å². The largest absolute Gasteiger partial charge is 0.313 e. The van der Waals surface area contributed by atoms with Crippen molar-refractivity contribution in [2.75, 3.05) is 13.1 Å². The molecule has 112 valence electrons. The second-order valence-electron chi connectivity index (χ2n) is 6.43. The quantitative estimate of drug-likeness (QED) is 0.895. The van der Waals surface area contributed by atoms with Gasteiger partial charge in [-0.15, -0.1) is 0 Å². The summed E-state index contributed by atoms with van der Waals surface area (Å²) in [5.74, 6) is 1.58. The third kappa shape index (κ3) is 4.03.